The highest BCUT2D eigenvalue weighted by molar-refractivity contribution is 5.38. The van der Waals surface area contributed by atoms with Crippen LogP contribution >= 0.6 is 0 Å². The highest BCUT2D eigenvalue weighted by Gasteiger charge is 2.23. The van der Waals surface area contributed by atoms with E-state index in [1.54, 1.807) is 12.1 Å². The van der Waals surface area contributed by atoms with Gasteiger partial charge in [-0.15, -0.1) is 0 Å². The van der Waals surface area contributed by atoms with Gasteiger partial charge in [-0.2, -0.15) is 0 Å². The van der Waals surface area contributed by atoms with Crippen LogP contribution in [-0.4, -0.2) is 13.0 Å². The van der Waals surface area contributed by atoms with Crippen LogP contribution in [0.25, 0.3) is 0 Å². The van der Waals surface area contributed by atoms with Crippen molar-refractivity contribution in [3.05, 3.63) is 29.3 Å². The first-order valence-electron chi connectivity index (χ1n) is 5.00. The summed E-state index contributed by atoms with van der Waals surface area (Å²) in [5, 5.41) is 0. The van der Waals surface area contributed by atoms with E-state index in [4.69, 9.17) is 4.74 Å². The highest BCUT2D eigenvalue weighted by atomic mass is 19.3. The Hall–Kier alpha value is -1.12. The van der Waals surface area contributed by atoms with Gasteiger partial charge in [0.1, 0.15) is 5.75 Å². The summed E-state index contributed by atoms with van der Waals surface area (Å²) in [6.45, 7) is 2.92. The molecule has 0 atom stereocenters. The molecular weight excluding hydrogens is 198 g/mol. The predicted molar refractivity (Wildman–Crippen MR) is 56.7 cm³/mol. The maximum absolute atomic E-state index is 12.9. The summed E-state index contributed by atoms with van der Waals surface area (Å²) in [4.78, 5) is 0. The zero-order chi connectivity index (χ0) is 11.5. The van der Waals surface area contributed by atoms with E-state index in [0.717, 1.165) is 18.9 Å². The molecular formula is C12H16F2O. The fourth-order valence-electron chi connectivity index (χ4n) is 1.52. The summed E-state index contributed by atoms with van der Waals surface area (Å²) in [5.41, 5.74) is 1.62. The lowest BCUT2D eigenvalue weighted by Gasteiger charge is -2.14. The van der Waals surface area contributed by atoms with Gasteiger partial charge in [-0.3, -0.25) is 0 Å². The van der Waals surface area contributed by atoms with Crippen LogP contribution in [0.5, 0.6) is 5.75 Å². The third-order valence-electron chi connectivity index (χ3n) is 2.25. The van der Waals surface area contributed by atoms with Crippen molar-refractivity contribution in [1.82, 2.24) is 0 Å². The van der Waals surface area contributed by atoms with E-state index in [0.29, 0.717) is 11.3 Å². The molecule has 0 N–H and O–H groups in total. The smallest absolute Gasteiger partial charge is 0.249 e. The molecule has 0 saturated carbocycles. The summed E-state index contributed by atoms with van der Waals surface area (Å²) >= 11 is 0. The van der Waals surface area contributed by atoms with Crippen LogP contribution in [0.4, 0.5) is 8.78 Å². The van der Waals surface area contributed by atoms with Gasteiger partial charge in [0.05, 0.1) is 7.11 Å². The molecule has 0 aliphatic rings. The van der Waals surface area contributed by atoms with E-state index >= 15 is 0 Å². The predicted octanol–water partition coefficient (Wildman–Crippen LogP) is 3.46. The van der Waals surface area contributed by atoms with Gasteiger partial charge >= 0.3 is 0 Å². The molecule has 1 aromatic carbocycles. The number of ether oxygens (including phenoxy) is 1. The molecule has 0 aliphatic heterocycles. The second-order valence-corrected chi connectivity index (χ2v) is 3.75. The monoisotopic (exact) mass is 214 g/mol. The molecule has 0 amide bonds. The fourth-order valence-corrected chi connectivity index (χ4v) is 1.52. The van der Waals surface area contributed by atoms with Crippen LogP contribution in [0.1, 0.15) is 25.0 Å². The molecule has 0 heterocycles. The van der Waals surface area contributed by atoms with E-state index in [-0.39, 0.29) is 6.42 Å². The van der Waals surface area contributed by atoms with Gasteiger partial charge in [0.25, 0.3) is 0 Å². The van der Waals surface area contributed by atoms with Crippen molar-refractivity contribution in [1.29, 1.82) is 0 Å². The zero-order valence-electron chi connectivity index (χ0n) is 9.31. The van der Waals surface area contributed by atoms with E-state index in [9.17, 15) is 8.78 Å². The number of alkyl halides is 2. The first-order valence-corrected chi connectivity index (χ1v) is 5.00. The molecule has 15 heavy (non-hydrogen) atoms. The Kier molecular flexibility index (Phi) is 3.66. The van der Waals surface area contributed by atoms with Crippen LogP contribution in [0, 0.1) is 0 Å². The molecule has 0 aliphatic carbocycles. The molecule has 0 spiro atoms. The van der Waals surface area contributed by atoms with Gasteiger partial charge in [0.15, 0.2) is 0 Å². The lowest BCUT2D eigenvalue weighted by Crippen LogP contribution is -2.14. The van der Waals surface area contributed by atoms with Crippen molar-refractivity contribution in [2.45, 2.75) is 32.6 Å². The largest absolute Gasteiger partial charge is 0.496 e. The van der Waals surface area contributed by atoms with E-state index in [1.807, 2.05) is 13.0 Å². The van der Waals surface area contributed by atoms with Crippen molar-refractivity contribution < 1.29 is 13.5 Å². The van der Waals surface area contributed by atoms with Gasteiger partial charge in [0.2, 0.25) is 5.92 Å². The third kappa shape index (κ3) is 3.50. The summed E-state index contributed by atoms with van der Waals surface area (Å²) in [7, 11) is 1.50. The van der Waals surface area contributed by atoms with Gasteiger partial charge in [0, 0.05) is 12.0 Å². The molecule has 3 heteroatoms. The molecule has 0 aromatic heterocycles. The van der Waals surface area contributed by atoms with Crippen molar-refractivity contribution in [3.8, 4) is 5.75 Å². The lowest BCUT2D eigenvalue weighted by atomic mass is 10.0. The first-order chi connectivity index (χ1) is 6.96. The fraction of sp³-hybridized carbons (Fsp3) is 0.500. The summed E-state index contributed by atoms with van der Waals surface area (Å²) < 4.78 is 30.9. The van der Waals surface area contributed by atoms with Gasteiger partial charge in [-0.25, -0.2) is 8.78 Å². The molecule has 1 nitrogen and oxygen atoms in total. The maximum Gasteiger partial charge on any atom is 0.249 e. The van der Waals surface area contributed by atoms with Crippen LogP contribution in [0.2, 0.25) is 0 Å². The minimum Gasteiger partial charge on any atom is -0.496 e. The summed E-state index contributed by atoms with van der Waals surface area (Å²) in [6.07, 6.45) is 0.566. The zero-order valence-corrected chi connectivity index (χ0v) is 9.31. The van der Waals surface area contributed by atoms with Crippen LogP contribution < -0.4 is 4.74 Å². The Labute approximate surface area is 89.1 Å². The average molecular weight is 214 g/mol. The Bertz CT molecular complexity index is 329. The number of methoxy groups -OCH3 is 1. The second-order valence-electron chi connectivity index (χ2n) is 3.75. The minimum absolute atomic E-state index is 0.274. The van der Waals surface area contributed by atoms with Gasteiger partial charge < -0.3 is 4.74 Å². The topological polar surface area (TPSA) is 9.23 Å². The maximum atomic E-state index is 12.9. The molecule has 0 saturated heterocycles. The quantitative estimate of drug-likeness (QED) is 0.745. The van der Waals surface area contributed by atoms with E-state index < -0.39 is 5.92 Å². The van der Waals surface area contributed by atoms with Crippen molar-refractivity contribution >= 4 is 0 Å². The number of hydrogen-bond donors (Lipinski definition) is 0. The molecule has 0 radical (unpaired) electrons. The third-order valence-corrected chi connectivity index (χ3v) is 2.25. The number of benzene rings is 1. The van der Waals surface area contributed by atoms with Crippen LogP contribution in [0.15, 0.2) is 18.2 Å². The molecule has 84 valence electrons. The number of aryl methyl sites for hydroxylation is 1. The second kappa shape index (κ2) is 4.60. The Balaban J connectivity index is 3.01. The SMILES string of the molecule is CCc1ccc(OC)c(CC(C)(F)F)c1. The highest BCUT2D eigenvalue weighted by Crippen LogP contribution is 2.27. The molecule has 1 aromatic rings. The number of halogens is 2. The normalized spacial score (nSPS) is 11.5. The minimum atomic E-state index is -2.69. The molecule has 1 rings (SSSR count). The van der Waals surface area contributed by atoms with Crippen molar-refractivity contribution in [2.75, 3.05) is 7.11 Å². The van der Waals surface area contributed by atoms with Crippen molar-refractivity contribution in [3.63, 3.8) is 0 Å². The van der Waals surface area contributed by atoms with E-state index in [1.165, 1.54) is 7.11 Å². The molecule has 0 fully saturated rings. The number of rotatable bonds is 4. The Morgan fingerprint density at radius 1 is 1.33 bits per heavy atom. The molecule has 0 unspecified atom stereocenters. The lowest BCUT2D eigenvalue weighted by molar-refractivity contribution is 0.0220. The van der Waals surface area contributed by atoms with Gasteiger partial charge in [-0.1, -0.05) is 19.1 Å². The van der Waals surface area contributed by atoms with Crippen molar-refractivity contribution in [2.24, 2.45) is 0 Å². The standard InChI is InChI=1S/C12H16F2O/c1-4-9-5-6-11(15-3)10(7-9)8-12(2,13)14/h5-7H,4,8H2,1-3H3. The Morgan fingerprint density at radius 3 is 2.47 bits per heavy atom. The van der Waals surface area contributed by atoms with Crippen LogP contribution in [-0.2, 0) is 12.8 Å². The Morgan fingerprint density at radius 2 is 2.00 bits per heavy atom. The summed E-state index contributed by atoms with van der Waals surface area (Å²) in [5.74, 6) is -2.16. The van der Waals surface area contributed by atoms with Gasteiger partial charge in [-0.05, 0) is 25.0 Å². The molecule has 0 bridgehead atoms. The van der Waals surface area contributed by atoms with Crippen LogP contribution in [0.3, 0.4) is 0 Å². The average Bonchev–Trinajstić information content (AvgIpc) is 2.15. The number of hydrogen-bond acceptors (Lipinski definition) is 1. The van der Waals surface area contributed by atoms with E-state index in [2.05, 4.69) is 0 Å². The summed E-state index contributed by atoms with van der Waals surface area (Å²) in [6, 6.07) is 5.44. The first kappa shape index (κ1) is 12.0.